The van der Waals surface area contributed by atoms with Crippen molar-refractivity contribution in [1.82, 2.24) is 0 Å². The molecule has 1 unspecified atom stereocenters. The zero-order valence-corrected chi connectivity index (χ0v) is 13.7. The normalized spacial score (nSPS) is 27.1. The zero-order chi connectivity index (χ0) is 14.1. The van der Waals surface area contributed by atoms with Crippen molar-refractivity contribution >= 4 is 0 Å². The standard InChI is InChI=1S/C12H24N.2C2H6/c1-10(2)12-7-6-8-13(5,9-12)11(3)4;2*1-2/h6-7,10-12H,8-9H2,1-5H3;2*1-2H3/q+1;;/t12-,13?;;/m1../s1. The molecule has 1 aliphatic rings. The fourth-order valence-electron chi connectivity index (χ4n) is 1.95. The fourth-order valence-corrected chi connectivity index (χ4v) is 1.95. The van der Waals surface area contributed by atoms with E-state index in [2.05, 4.69) is 46.9 Å². The maximum atomic E-state index is 2.41. The molecule has 0 saturated heterocycles. The predicted octanol–water partition coefficient (Wildman–Crippen LogP) is 4.74. The highest BCUT2D eigenvalue weighted by molar-refractivity contribution is 4.93. The largest absolute Gasteiger partial charge is 0.320 e. The van der Waals surface area contributed by atoms with E-state index in [9.17, 15) is 0 Å². The van der Waals surface area contributed by atoms with E-state index in [0.717, 1.165) is 17.9 Å². The van der Waals surface area contributed by atoms with Crippen LogP contribution in [0.2, 0.25) is 0 Å². The second-order valence-corrected chi connectivity index (χ2v) is 5.27. The van der Waals surface area contributed by atoms with E-state index in [1.54, 1.807) is 0 Å². The average molecular weight is 242 g/mol. The van der Waals surface area contributed by atoms with Gasteiger partial charge >= 0.3 is 0 Å². The van der Waals surface area contributed by atoms with Gasteiger partial charge in [-0.25, -0.2) is 0 Å². The minimum atomic E-state index is 0.742. The van der Waals surface area contributed by atoms with Crippen molar-refractivity contribution in [1.29, 1.82) is 0 Å². The fraction of sp³-hybridized carbons (Fsp3) is 0.875. The van der Waals surface area contributed by atoms with Crippen molar-refractivity contribution in [2.75, 3.05) is 20.1 Å². The SMILES string of the molecule is CC.CC.CC(C)[C@@H]1C=CC[N+](C)(C(C)C)C1. The maximum Gasteiger partial charge on any atom is 0.0973 e. The number of nitrogens with zero attached hydrogens (tertiary/aromatic N) is 1. The van der Waals surface area contributed by atoms with Crippen LogP contribution >= 0.6 is 0 Å². The van der Waals surface area contributed by atoms with Gasteiger partial charge in [-0.15, -0.1) is 0 Å². The van der Waals surface area contributed by atoms with Gasteiger partial charge in [0.15, 0.2) is 0 Å². The summed E-state index contributed by atoms with van der Waals surface area (Å²) in [4.78, 5) is 0. The van der Waals surface area contributed by atoms with E-state index >= 15 is 0 Å². The third kappa shape index (κ3) is 6.26. The number of hydrogen-bond donors (Lipinski definition) is 0. The molecule has 1 heteroatoms. The molecule has 0 N–H and O–H groups in total. The average Bonchev–Trinajstić information content (AvgIpc) is 2.34. The lowest BCUT2D eigenvalue weighted by molar-refractivity contribution is -0.928. The Hall–Kier alpha value is -0.300. The lowest BCUT2D eigenvalue weighted by atomic mass is 9.91. The Balaban J connectivity index is 0. The molecule has 0 amide bonds. The van der Waals surface area contributed by atoms with Crippen LogP contribution in [0.1, 0.15) is 55.4 Å². The van der Waals surface area contributed by atoms with Crippen LogP contribution in [0.5, 0.6) is 0 Å². The Kier molecular flexibility index (Phi) is 10.9. The van der Waals surface area contributed by atoms with E-state index in [1.165, 1.54) is 17.6 Å². The van der Waals surface area contributed by atoms with Gasteiger partial charge in [-0.1, -0.05) is 47.6 Å². The van der Waals surface area contributed by atoms with Crippen molar-refractivity contribution in [3.63, 3.8) is 0 Å². The van der Waals surface area contributed by atoms with E-state index in [-0.39, 0.29) is 0 Å². The van der Waals surface area contributed by atoms with Gasteiger partial charge in [0.05, 0.1) is 26.2 Å². The van der Waals surface area contributed by atoms with Crippen molar-refractivity contribution in [2.45, 2.75) is 61.4 Å². The van der Waals surface area contributed by atoms with Gasteiger partial charge in [0.25, 0.3) is 0 Å². The van der Waals surface area contributed by atoms with Gasteiger partial charge in [-0.05, 0) is 25.8 Å². The summed E-state index contributed by atoms with van der Waals surface area (Å²) in [7, 11) is 2.38. The quantitative estimate of drug-likeness (QED) is 0.485. The van der Waals surface area contributed by atoms with Gasteiger partial charge in [-0.3, -0.25) is 0 Å². The highest BCUT2D eigenvalue weighted by Crippen LogP contribution is 2.24. The minimum absolute atomic E-state index is 0.742. The molecule has 0 aromatic heterocycles. The predicted molar refractivity (Wildman–Crippen MR) is 81.2 cm³/mol. The van der Waals surface area contributed by atoms with E-state index < -0.39 is 0 Å². The third-order valence-electron chi connectivity index (χ3n) is 3.64. The molecular weight excluding hydrogens is 206 g/mol. The van der Waals surface area contributed by atoms with Crippen molar-refractivity contribution < 1.29 is 4.48 Å². The Bertz CT molecular complexity index is 194. The second kappa shape index (κ2) is 9.70. The van der Waals surface area contributed by atoms with Gasteiger partial charge in [0.1, 0.15) is 0 Å². The summed E-state index contributed by atoms with van der Waals surface area (Å²) in [6, 6.07) is 0.742. The smallest absolute Gasteiger partial charge is 0.0973 e. The summed E-state index contributed by atoms with van der Waals surface area (Å²) in [6.45, 7) is 19.8. The Labute approximate surface area is 110 Å². The molecule has 1 heterocycles. The molecule has 0 radical (unpaired) electrons. The molecule has 1 nitrogen and oxygen atoms in total. The first-order valence-corrected chi connectivity index (χ1v) is 7.46. The Morgan fingerprint density at radius 1 is 1.00 bits per heavy atom. The van der Waals surface area contributed by atoms with Crippen LogP contribution in [0.4, 0.5) is 0 Å². The molecule has 0 fully saturated rings. The van der Waals surface area contributed by atoms with Gasteiger partial charge in [0, 0.05) is 5.92 Å². The molecule has 1 rings (SSSR count). The molecule has 0 aromatic carbocycles. The van der Waals surface area contributed by atoms with Gasteiger partial charge in [0.2, 0.25) is 0 Å². The zero-order valence-electron chi connectivity index (χ0n) is 13.7. The molecule has 0 bridgehead atoms. The number of quaternary nitrogens is 1. The van der Waals surface area contributed by atoms with Crippen LogP contribution in [-0.2, 0) is 0 Å². The molecule has 0 saturated carbocycles. The number of hydrogen-bond acceptors (Lipinski definition) is 0. The van der Waals surface area contributed by atoms with Crippen LogP contribution in [0, 0.1) is 11.8 Å². The molecular formula is C16H36N+. The molecule has 2 atom stereocenters. The summed E-state index contributed by atoms with van der Waals surface area (Å²) in [6.07, 6.45) is 4.78. The van der Waals surface area contributed by atoms with Crippen LogP contribution in [0.3, 0.4) is 0 Å². The topological polar surface area (TPSA) is 0 Å². The van der Waals surface area contributed by atoms with Crippen LogP contribution in [0.15, 0.2) is 12.2 Å². The summed E-state index contributed by atoms with van der Waals surface area (Å²) in [5, 5.41) is 0. The summed E-state index contributed by atoms with van der Waals surface area (Å²) >= 11 is 0. The maximum absolute atomic E-state index is 2.41. The molecule has 17 heavy (non-hydrogen) atoms. The first-order valence-electron chi connectivity index (χ1n) is 7.46. The van der Waals surface area contributed by atoms with Crippen LogP contribution < -0.4 is 0 Å². The first kappa shape index (κ1) is 19.0. The first-order chi connectivity index (χ1) is 7.96. The Morgan fingerprint density at radius 2 is 1.47 bits per heavy atom. The van der Waals surface area contributed by atoms with Crippen molar-refractivity contribution in [3.8, 4) is 0 Å². The Morgan fingerprint density at radius 3 is 1.82 bits per heavy atom. The molecule has 0 aromatic rings. The van der Waals surface area contributed by atoms with Crippen molar-refractivity contribution in [3.05, 3.63) is 12.2 Å². The molecule has 0 spiro atoms. The van der Waals surface area contributed by atoms with Crippen LogP contribution in [-0.4, -0.2) is 30.7 Å². The second-order valence-electron chi connectivity index (χ2n) is 5.27. The number of rotatable bonds is 2. The van der Waals surface area contributed by atoms with E-state index in [4.69, 9.17) is 0 Å². The van der Waals surface area contributed by atoms with Gasteiger partial charge < -0.3 is 4.48 Å². The molecule has 0 aliphatic carbocycles. The van der Waals surface area contributed by atoms with Gasteiger partial charge in [-0.2, -0.15) is 0 Å². The lowest BCUT2D eigenvalue weighted by Crippen LogP contribution is -2.54. The summed E-state index contributed by atoms with van der Waals surface area (Å²) in [5.74, 6) is 1.56. The highest BCUT2D eigenvalue weighted by atomic mass is 15.3. The van der Waals surface area contributed by atoms with Crippen LogP contribution in [0.25, 0.3) is 0 Å². The summed E-state index contributed by atoms with van der Waals surface area (Å²) < 4.78 is 1.21. The minimum Gasteiger partial charge on any atom is -0.320 e. The molecule has 1 aliphatic heterocycles. The summed E-state index contributed by atoms with van der Waals surface area (Å²) in [5.41, 5.74) is 0. The van der Waals surface area contributed by atoms with E-state index in [0.29, 0.717) is 0 Å². The monoisotopic (exact) mass is 242 g/mol. The number of likely N-dealkylation sites (N-methyl/N-ethyl adjacent to an activating group) is 1. The third-order valence-corrected chi connectivity index (χ3v) is 3.64. The molecule has 104 valence electrons. The lowest BCUT2D eigenvalue weighted by Gasteiger charge is -2.43. The highest BCUT2D eigenvalue weighted by Gasteiger charge is 2.31. The van der Waals surface area contributed by atoms with E-state index in [1.807, 2.05) is 27.7 Å². The van der Waals surface area contributed by atoms with Crippen molar-refractivity contribution in [2.24, 2.45) is 11.8 Å².